The van der Waals surface area contributed by atoms with E-state index in [-0.39, 0.29) is 7.43 Å². The zero-order valence-corrected chi connectivity index (χ0v) is 3.46. The molecule has 0 saturated carbocycles. The van der Waals surface area contributed by atoms with Crippen LogP contribution in [0.1, 0.15) is 7.43 Å². The van der Waals surface area contributed by atoms with Crippen LogP contribution in [-0.2, 0) is 0 Å². The summed E-state index contributed by atoms with van der Waals surface area (Å²) in [7, 11) is 0. The summed E-state index contributed by atoms with van der Waals surface area (Å²) in [6.45, 7) is 5.78. The van der Waals surface area contributed by atoms with Crippen molar-refractivity contribution in [3.8, 4) is 0 Å². The van der Waals surface area contributed by atoms with E-state index in [4.69, 9.17) is 0 Å². The largest absolute Gasteiger partial charge is 0.324 e. The summed E-state index contributed by atoms with van der Waals surface area (Å²) in [5, 5.41) is 5.50. The van der Waals surface area contributed by atoms with Crippen molar-refractivity contribution in [3.05, 3.63) is 0 Å². The van der Waals surface area contributed by atoms with E-state index in [1.54, 1.807) is 0 Å². The lowest BCUT2D eigenvalue weighted by molar-refractivity contribution is 1.28. The maximum atomic E-state index is 4.36. The van der Waals surface area contributed by atoms with E-state index in [0.29, 0.717) is 0 Å². The highest BCUT2D eigenvalue weighted by Gasteiger charge is 1.03. The molecule has 0 amide bonds. The molecule has 4 nitrogen and oxygen atoms in total. The Labute approximate surface area is 43.9 Å². The maximum absolute atomic E-state index is 4.36. The number of nitrogens with zero attached hydrogens (tertiary/aromatic N) is 2. The highest BCUT2D eigenvalue weighted by molar-refractivity contribution is 5.21. The van der Waals surface area contributed by atoms with Crippen molar-refractivity contribution in [2.45, 2.75) is 7.43 Å². The summed E-state index contributed by atoms with van der Waals surface area (Å²) >= 11 is 0. The third-order valence-electron chi connectivity index (χ3n) is 0. The Balaban J connectivity index is -0.0000000400. The number of hydrogen-bond acceptors (Lipinski definition) is 4. The topological polar surface area (TPSA) is 76.8 Å². The standard InChI is InChI=1S/2CH4N2.CH4/c2*1-3-2;/h2*1-2H2;1H4. The van der Waals surface area contributed by atoms with Crippen molar-refractivity contribution in [1.82, 2.24) is 0 Å². The van der Waals surface area contributed by atoms with Crippen molar-refractivity contribution < 1.29 is 0 Å². The molecule has 0 saturated heterocycles. The third kappa shape index (κ3) is 38.0. The maximum Gasteiger partial charge on any atom is 0.0102 e. The van der Waals surface area contributed by atoms with Crippen LogP contribution in [0.3, 0.4) is 0 Å². The monoisotopic (exact) mass is 104 g/mol. The fraction of sp³-hybridized carbons (Fsp3) is 0.333. The smallest absolute Gasteiger partial charge is 0.0102 e. The van der Waals surface area contributed by atoms with Gasteiger partial charge in [-0.2, -0.15) is 10.2 Å². The predicted octanol–water partition coefficient (Wildman–Crippen LogP) is -0.243. The molecule has 0 spiro atoms. The molecule has 0 unspecified atom stereocenters. The number of hydrogen-bond donors (Lipinski definition) is 2. The first-order valence-electron chi connectivity index (χ1n) is 1.15. The summed E-state index contributed by atoms with van der Waals surface area (Å²) in [5.41, 5.74) is 0. The Morgan fingerprint density at radius 1 is 1.00 bits per heavy atom. The Morgan fingerprint density at radius 3 is 1.00 bits per heavy atom. The van der Waals surface area contributed by atoms with E-state index < -0.39 is 0 Å². The van der Waals surface area contributed by atoms with Crippen LogP contribution in [0.2, 0.25) is 0 Å². The van der Waals surface area contributed by atoms with Gasteiger partial charge in [0.25, 0.3) is 0 Å². The van der Waals surface area contributed by atoms with Gasteiger partial charge >= 0.3 is 0 Å². The minimum atomic E-state index is 0. The Hall–Kier alpha value is -1.06. The third-order valence-corrected chi connectivity index (χ3v) is 0. The van der Waals surface area contributed by atoms with Crippen molar-refractivity contribution in [2.75, 3.05) is 0 Å². The lowest BCUT2D eigenvalue weighted by Crippen LogP contribution is -1.68. The summed E-state index contributed by atoms with van der Waals surface area (Å²) < 4.78 is 0. The van der Waals surface area contributed by atoms with Crippen molar-refractivity contribution in [2.24, 2.45) is 21.9 Å². The SMILES string of the molecule is C.C=NN.C=NN. The van der Waals surface area contributed by atoms with E-state index >= 15 is 0 Å². The summed E-state index contributed by atoms with van der Waals surface area (Å²) in [5.74, 6) is 8.72. The molecule has 4 heteroatoms. The molecule has 7 heavy (non-hydrogen) atoms. The predicted molar refractivity (Wildman–Crippen MR) is 34.2 cm³/mol. The van der Waals surface area contributed by atoms with Gasteiger partial charge in [-0.3, -0.25) is 0 Å². The van der Waals surface area contributed by atoms with E-state index in [2.05, 4.69) is 35.3 Å². The van der Waals surface area contributed by atoms with E-state index in [0.717, 1.165) is 0 Å². The van der Waals surface area contributed by atoms with Gasteiger partial charge in [0.2, 0.25) is 0 Å². The number of rotatable bonds is 0. The second-order valence-electron chi connectivity index (χ2n) is 0.365. The average molecular weight is 104 g/mol. The number of hydrazone groups is 2. The Morgan fingerprint density at radius 2 is 1.00 bits per heavy atom. The second-order valence-corrected chi connectivity index (χ2v) is 0.365. The highest BCUT2D eigenvalue weighted by atomic mass is 15.1. The second kappa shape index (κ2) is 86.8. The fourth-order valence-corrected chi connectivity index (χ4v) is 0. The summed E-state index contributed by atoms with van der Waals surface area (Å²) in [6.07, 6.45) is 0. The zero-order valence-electron chi connectivity index (χ0n) is 3.46. The molecular weight excluding hydrogens is 92.1 g/mol. The van der Waals surface area contributed by atoms with Crippen molar-refractivity contribution in [1.29, 1.82) is 0 Å². The van der Waals surface area contributed by atoms with Crippen LogP contribution in [-0.4, -0.2) is 13.4 Å². The first kappa shape index (κ1) is 16.8. The van der Waals surface area contributed by atoms with Gasteiger partial charge in [0.15, 0.2) is 0 Å². The Kier molecular flexibility index (Phi) is 208. The lowest BCUT2D eigenvalue weighted by atomic mass is 11.7. The molecule has 0 heterocycles. The quantitative estimate of drug-likeness (QED) is 0.253. The zero-order chi connectivity index (χ0) is 5.41. The van der Waals surface area contributed by atoms with Gasteiger partial charge in [-0.15, -0.1) is 0 Å². The van der Waals surface area contributed by atoms with Gasteiger partial charge in [-0.1, -0.05) is 7.43 Å². The van der Waals surface area contributed by atoms with E-state index in [9.17, 15) is 0 Å². The van der Waals surface area contributed by atoms with Crippen LogP contribution >= 0.6 is 0 Å². The minimum absolute atomic E-state index is 0. The van der Waals surface area contributed by atoms with Crippen LogP contribution in [0.4, 0.5) is 0 Å². The van der Waals surface area contributed by atoms with Crippen LogP contribution in [0.15, 0.2) is 10.2 Å². The van der Waals surface area contributed by atoms with Crippen molar-refractivity contribution >= 4 is 13.4 Å². The molecule has 0 aromatic heterocycles. The number of nitrogens with two attached hydrogens (primary N) is 2. The van der Waals surface area contributed by atoms with E-state index in [1.165, 1.54) is 0 Å². The summed E-state index contributed by atoms with van der Waals surface area (Å²) in [6, 6.07) is 0. The van der Waals surface area contributed by atoms with Gasteiger partial charge in [-0.05, 0) is 0 Å². The molecule has 0 aromatic rings. The van der Waals surface area contributed by atoms with Crippen LogP contribution in [0.25, 0.3) is 0 Å². The van der Waals surface area contributed by atoms with Gasteiger partial charge in [-0.25, -0.2) is 0 Å². The van der Waals surface area contributed by atoms with E-state index in [1.807, 2.05) is 0 Å². The molecule has 0 aliphatic carbocycles. The molecule has 44 valence electrons. The molecule has 0 aliphatic rings. The van der Waals surface area contributed by atoms with Crippen LogP contribution < -0.4 is 11.7 Å². The highest BCUT2D eigenvalue weighted by Crippen LogP contribution is 1.05. The van der Waals surface area contributed by atoms with Crippen LogP contribution in [0.5, 0.6) is 0 Å². The van der Waals surface area contributed by atoms with Crippen molar-refractivity contribution in [3.63, 3.8) is 0 Å². The van der Waals surface area contributed by atoms with Crippen LogP contribution in [0, 0.1) is 0 Å². The minimum Gasteiger partial charge on any atom is -0.324 e. The molecule has 0 aliphatic heterocycles. The molecule has 0 radical (unpaired) electrons. The summed E-state index contributed by atoms with van der Waals surface area (Å²) in [4.78, 5) is 0. The Bertz CT molecular complexity index is 27.9. The molecule has 0 fully saturated rings. The molecule has 4 N–H and O–H groups in total. The van der Waals surface area contributed by atoms with Gasteiger partial charge in [0.05, 0.1) is 0 Å². The molecular formula is C3H12N4. The first-order chi connectivity index (χ1) is 2.83. The van der Waals surface area contributed by atoms with Gasteiger partial charge in [0, 0.05) is 13.4 Å². The van der Waals surface area contributed by atoms with Gasteiger partial charge in [0.1, 0.15) is 0 Å². The van der Waals surface area contributed by atoms with Gasteiger partial charge < -0.3 is 11.7 Å². The molecule has 0 atom stereocenters. The molecule has 0 rings (SSSR count). The fourth-order valence-electron chi connectivity index (χ4n) is 0. The average Bonchev–Trinajstić information content (AvgIpc) is 1.39. The molecule has 0 aromatic carbocycles. The lowest BCUT2D eigenvalue weighted by Gasteiger charge is -1.44. The normalized spacial score (nSPS) is 3.43. The first-order valence-corrected chi connectivity index (χ1v) is 1.15. The molecule has 0 bridgehead atoms.